The van der Waals surface area contributed by atoms with Crippen molar-refractivity contribution in [2.75, 3.05) is 51.7 Å². The molecule has 1 aliphatic carbocycles. The first kappa shape index (κ1) is 20.1. The third-order valence-corrected chi connectivity index (χ3v) is 7.57. The molecular weight excluding hydrogens is 376 g/mol. The van der Waals surface area contributed by atoms with E-state index < -0.39 is 0 Å². The molecule has 28 heavy (non-hydrogen) atoms. The highest BCUT2D eigenvalue weighted by molar-refractivity contribution is 7.15. The number of anilines is 1. The molecule has 7 nitrogen and oxygen atoms in total. The number of rotatable bonds is 5. The number of morpholine rings is 1. The lowest BCUT2D eigenvalue weighted by atomic mass is 9.61. The van der Waals surface area contributed by atoms with Crippen molar-refractivity contribution in [2.45, 2.75) is 45.2 Å². The van der Waals surface area contributed by atoms with E-state index in [9.17, 15) is 4.79 Å². The average Bonchev–Trinajstić information content (AvgIpc) is 3.13. The summed E-state index contributed by atoms with van der Waals surface area (Å²) in [6, 6.07) is 0.573. The highest BCUT2D eigenvalue weighted by Gasteiger charge is 2.53. The Morgan fingerprint density at radius 1 is 1.39 bits per heavy atom. The van der Waals surface area contributed by atoms with Gasteiger partial charge >= 0.3 is 5.97 Å². The zero-order valence-corrected chi connectivity index (χ0v) is 17.6. The summed E-state index contributed by atoms with van der Waals surface area (Å²) < 4.78 is 11.1. The number of piperidine rings is 1. The van der Waals surface area contributed by atoms with E-state index in [4.69, 9.17) is 15.2 Å². The Kier molecular flexibility index (Phi) is 6.20. The lowest BCUT2D eigenvalue weighted by molar-refractivity contribution is -0.170. The maximum absolute atomic E-state index is 13.1. The molecule has 1 aromatic rings. The Bertz CT molecular complexity index is 678. The van der Waals surface area contributed by atoms with Gasteiger partial charge in [-0.3, -0.25) is 14.6 Å². The molecule has 8 heteroatoms. The SMILES string of the molecule is CCOC(=O)[C@@]12CC[C@@H](N3CCOCC3)C[C@H]1CCN(Cc1cnc(N)s1)C2. The number of fused-ring (bicyclic) bond motifs is 1. The van der Waals surface area contributed by atoms with E-state index in [1.54, 1.807) is 0 Å². The largest absolute Gasteiger partial charge is 0.466 e. The van der Waals surface area contributed by atoms with Crippen molar-refractivity contribution < 1.29 is 14.3 Å². The van der Waals surface area contributed by atoms with Crippen LogP contribution in [-0.2, 0) is 20.8 Å². The van der Waals surface area contributed by atoms with E-state index >= 15 is 0 Å². The topological polar surface area (TPSA) is 80.9 Å². The second kappa shape index (κ2) is 8.65. The van der Waals surface area contributed by atoms with Crippen LogP contribution in [0.25, 0.3) is 0 Å². The summed E-state index contributed by atoms with van der Waals surface area (Å²) in [5.74, 6) is 0.407. The fourth-order valence-electron chi connectivity index (χ4n) is 5.35. The van der Waals surface area contributed by atoms with Crippen LogP contribution in [-0.4, -0.2) is 72.8 Å². The minimum Gasteiger partial charge on any atom is -0.466 e. The summed E-state index contributed by atoms with van der Waals surface area (Å²) in [5, 5.41) is 0.607. The van der Waals surface area contributed by atoms with Crippen LogP contribution in [0.3, 0.4) is 0 Å². The predicted octanol–water partition coefficient (Wildman–Crippen LogP) is 1.98. The van der Waals surface area contributed by atoms with E-state index in [2.05, 4.69) is 14.8 Å². The first-order chi connectivity index (χ1) is 13.6. The number of ether oxygens (including phenoxy) is 2. The summed E-state index contributed by atoms with van der Waals surface area (Å²) in [4.78, 5) is 23.4. The van der Waals surface area contributed by atoms with Crippen LogP contribution in [0.2, 0.25) is 0 Å². The lowest BCUT2D eigenvalue weighted by Crippen LogP contribution is -2.58. The standard InChI is InChI=1S/C20H32N4O3S/c1-2-27-18(25)20-5-3-16(24-7-9-26-10-8-24)11-15(20)4-6-23(14-20)13-17-12-22-19(21)28-17/h12,15-16H,2-11,13-14H2,1H3,(H2,21,22)/t15-,16-,20-/m1/s1. The van der Waals surface area contributed by atoms with Crippen LogP contribution in [0, 0.1) is 11.3 Å². The van der Waals surface area contributed by atoms with Gasteiger partial charge < -0.3 is 15.2 Å². The Balaban J connectivity index is 1.48. The fourth-order valence-corrected chi connectivity index (χ4v) is 6.08. The van der Waals surface area contributed by atoms with Crippen LogP contribution in [0.15, 0.2) is 6.20 Å². The van der Waals surface area contributed by atoms with Gasteiger partial charge in [0.2, 0.25) is 0 Å². The average molecular weight is 409 g/mol. The Morgan fingerprint density at radius 2 is 2.21 bits per heavy atom. The highest BCUT2D eigenvalue weighted by atomic mass is 32.1. The first-order valence-electron chi connectivity index (χ1n) is 10.5. The molecule has 2 saturated heterocycles. The molecular formula is C20H32N4O3S. The maximum atomic E-state index is 13.1. The lowest BCUT2D eigenvalue weighted by Gasteiger charge is -2.52. The van der Waals surface area contributed by atoms with Crippen molar-refractivity contribution >= 4 is 22.4 Å². The van der Waals surface area contributed by atoms with Gasteiger partial charge in [0.25, 0.3) is 0 Å². The van der Waals surface area contributed by atoms with Crippen LogP contribution in [0.4, 0.5) is 5.13 Å². The zero-order chi connectivity index (χ0) is 19.6. The molecule has 3 atom stereocenters. The summed E-state index contributed by atoms with van der Waals surface area (Å²) in [5.41, 5.74) is 5.42. The zero-order valence-electron chi connectivity index (χ0n) is 16.8. The van der Waals surface area contributed by atoms with E-state index in [0.717, 1.165) is 76.5 Å². The van der Waals surface area contributed by atoms with Crippen molar-refractivity contribution in [3.63, 3.8) is 0 Å². The molecule has 0 bridgehead atoms. The number of aromatic nitrogens is 1. The number of carbonyl (C=O) groups is 1. The number of nitrogens with two attached hydrogens (primary N) is 1. The quantitative estimate of drug-likeness (QED) is 0.746. The molecule has 0 unspecified atom stereocenters. The van der Waals surface area contributed by atoms with Gasteiger partial charge in [-0.1, -0.05) is 0 Å². The number of carbonyl (C=O) groups excluding carboxylic acids is 1. The van der Waals surface area contributed by atoms with Crippen LogP contribution in [0.1, 0.15) is 37.5 Å². The molecule has 3 heterocycles. The molecule has 0 spiro atoms. The van der Waals surface area contributed by atoms with Gasteiger partial charge in [-0.05, 0) is 45.1 Å². The number of likely N-dealkylation sites (tertiary alicyclic amines) is 1. The minimum absolute atomic E-state index is 0.00828. The summed E-state index contributed by atoms with van der Waals surface area (Å²) >= 11 is 1.54. The van der Waals surface area contributed by atoms with Crippen molar-refractivity contribution in [2.24, 2.45) is 11.3 Å². The monoisotopic (exact) mass is 408 g/mol. The molecule has 4 rings (SSSR count). The van der Waals surface area contributed by atoms with E-state index in [0.29, 0.717) is 23.7 Å². The summed E-state index contributed by atoms with van der Waals surface area (Å²) in [6.07, 6.45) is 5.99. The van der Waals surface area contributed by atoms with Gasteiger partial charge in [0.15, 0.2) is 5.13 Å². The summed E-state index contributed by atoms with van der Waals surface area (Å²) in [6.45, 7) is 8.66. The van der Waals surface area contributed by atoms with Crippen molar-refractivity contribution in [1.29, 1.82) is 0 Å². The Morgan fingerprint density at radius 3 is 2.93 bits per heavy atom. The number of nitrogens with zero attached hydrogens (tertiary/aromatic N) is 3. The smallest absolute Gasteiger partial charge is 0.313 e. The van der Waals surface area contributed by atoms with Gasteiger partial charge in [0.1, 0.15) is 0 Å². The molecule has 0 radical (unpaired) electrons. The molecule has 0 amide bonds. The fraction of sp³-hybridized carbons (Fsp3) is 0.800. The van der Waals surface area contributed by atoms with Gasteiger partial charge in [0.05, 0.1) is 25.2 Å². The van der Waals surface area contributed by atoms with Gasteiger partial charge in [-0.25, -0.2) is 4.98 Å². The van der Waals surface area contributed by atoms with Gasteiger partial charge in [-0.2, -0.15) is 0 Å². The molecule has 3 fully saturated rings. The third kappa shape index (κ3) is 4.06. The molecule has 156 valence electrons. The Hall–Kier alpha value is -1.22. The van der Waals surface area contributed by atoms with Crippen molar-refractivity contribution in [1.82, 2.24) is 14.8 Å². The third-order valence-electron chi connectivity index (χ3n) is 6.76. The molecule has 1 aromatic heterocycles. The van der Waals surface area contributed by atoms with Crippen LogP contribution in [0.5, 0.6) is 0 Å². The van der Waals surface area contributed by atoms with E-state index in [1.165, 1.54) is 11.3 Å². The molecule has 2 aliphatic heterocycles. The van der Waals surface area contributed by atoms with Crippen molar-refractivity contribution in [3.05, 3.63) is 11.1 Å². The van der Waals surface area contributed by atoms with Crippen molar-refractivity contribution in [3.8, 4) is 0 Å². The number of esters is 1. The molecule has 1 saturated carbocycles. The van der Waals surface area contributed by atoms with Crippen LogP contribution < -0.4 is 5.73 Å². The molecule has 2 N–H and O–H groups in total. The van der Waals surface area contributed by atoms with Gasteiger partial charge in [-0.15, -0.1) is 11.3 Å². The molecule has 0 aromatic carbocycles. The second-order valence-corrected chi connectivity index (χ2v) is 9.46. The van der Waals surface area contributed by atoms with Crippen LogP contribution >= 0.6 is 11.3 Å². The number of nitrogen functional groups attached to an aromatic ring is 1. The number of thiazole rings is 1. The highest BCUT2D eigenvalue weighted by Crippen LogP contribution is 2.48. The molecule has 3 aliphatic rings. The van der Waals surface area contributed by atoms with Gasteiger partial charge in [0, 0.05) is 43.3 Å². The number of hydrogen-bond donors (Lipinski definition) is 1. The predicted molar refractivity (Wildman–Crippen MR) is 109 cm³/mol. The second-order valence-electron chi connectivity index (χ2n) is 8.31. The minimum atomic E-state index is -0.368. The normalized spacial score (nSPS) is 32.0. The van der Waals surface area contributed by atoms with E-state index in [1.807, 2.05) is 13.1 Å². The Labute approximate surface area is 171 Å². The summed E-state index contributed by atoms with van der Waals surface area (Å²) in [7, 11) is 0. The van der Waals surface area contributed by atoms with E-state index in [-0.39, 0.29) is 11.4 Å². The maximum Gasteiger partial charge on any atom is 0.313 e. The first-order valence-corrected chi connectivity index (χ1v) is 11.3. The number of hydrogen-bond acceptors (Lipinski definition) is 8.